The highest BCUT2D eigenvalue weighted by molar-refractivity contribution is 6.76. The van der Waals surface area contributed by atoms with E-state index in [1.54, 1.807) is 6.08 Å². The third-order valence-corrected chi connectivity index (χ3v) is 2.30. The molecule has 4 nitrogen and oxygen atoms in total. The number of halogens is 3. The molecule has 7 heteroatoms. The van der Waals surface area contributed by atoms with Gasteiger partial charge >= 0.3 is 0 Å². The summed E-state index contributed by atoms with van der Waals surface area (Å²) in [4.78, 5) is 22.4. The van der Waals surface area contributed by atoms with E-state index in [9.17, 15) is 9.59 Å². The quantitative estimate of drug-likeness (QED) is 0.500. The number of alkyl halides is 3. The number of nitrogens with one attached hydrogen (secondary N) is 2. The van der Waals surface area contributed by atoms with E-state index in [0.29, 0.717) is 0 Å². The second-order valence-electron chi connectivity index (χ2n) is 3.19. The molecule has 0 aliphatic heterocycles. The number of hydrogen-bond donors (Lipinski definition) is 2. The summed E-state index contributed by atoms with van der Waals surface area (Å²) in [5.74, 6) is -1.48. The molecule has 0 fully saturated rings. The maximum absolute atomic E-state index is 11.3. The Bertz CT molecular complexity index is 455. The summed E-state index contributed by atoms with van der Waals surface area (Å²) in [7, 11) is 0. The molecular formula is C11H9Cl3N2O2. The average molecular weight is 308 g/mol. The summed E-state index contributed by atoms with van der Waals surface area (Å²) in [6.07, 6.45) is 2.82. The average Bonchev–Trinajstić information content (AvgIpc) is 2.33. The maximum Gasteiger partial charge on any atom is 0.290 e. The van der Waals surface area contributed by atoms with Gasteiger partial charge in [-0.1, -0.05) is 65.1 Å². The number of benzene rings is 1. The lowest BCUT2D eigenvalue weighted by atomic mass is 10.2. The van der Waals surface area contributed by atoms with Crippen LogP contribution < -0.4 is 10.9 Å². The number of hydrazine groups is 1. The van der Waals surface area contributed by atoms with Crippen molar-refractivity contribution in [2.75, 3.05) is 0 Å². The smallest absolute Gasteiger partial charge is 0.268 e. The van der Waals surface area contributed by atoms with Crippen molar-refractivity contribution in [1.29, 1.82) is 0 Å². The van der Waals surface area contributed by atoms with E-state index in [4.69, 9.17) is 34.8 Å². The summed E-state index contributed by atoms with van der Waals surface area (Å²) in [5, 5.41) is 0. The van der Waals surface area contributed by atoms with Crippen molar-refractivity contribution >= 4 is 52.7 Å². The Morgan fingerprint density at radius 3 is 2.22 bits per heavy atom. The number of amides is 2. The van der Waals surface area contributed by atoms with Crippen molar-refractivity contribution in [3.05, 3.63) is 42.0 Å². The Morgan fingerprint density at radius 2 is 1.67 bits per heavy atom. The van der Waals surface area contributed by atoms with Crippen LogP contribution in [-0.4, -0.2) is 15.6 Å². The minimum absolute atomic E-state index is 0.540. The zero-order chi connectivity index (χ0) is 13.6. The van der Waals surface area contributed by atoms with Gasteiger partial charge in [-0.05, 0) is 11.6 Å². The van der Waals surface area contributed by atoms with E-state index >= 15 is 0 Å². The molecule has 0 aliphatic rings. The molecule has 2 N–H and O–H groups in total. The standard InChI is InChI=1S/C11H9Cl3N2O2/c12-11(13,14)10(18)16-15-9(17)7-6-8-4-2-1-3-5-8/h1-7H,(H,15,17)(H,16,18). The Hall–Kier alpha value is -1.23. The van der Waals surface area contributed by atoms with Crippen molar-refractivity contribution in [3.8, 4) is 0 Å². The molecule has 0 aliphatic carbocycles. The first-order chi connectivity index (χ1) is 8.39. The molecule has 0 atom stereocenters. The van der Waals surface area contributed by atoms with Gasteiger partial charge in [-0.3, -0.25) is 20.4 Å². The van der Waals surface area contributed by atoms with Gasteiger partial charge in [0.2, 0.25) is 0 Å². The molecule has 1 rings (SSSR count). The Kier molecular flexibility index (Phi) is 5.47. The van der Waals surface area contributed by atoms with Gasteiger partial charge in [-0.2, -0.15) is 0 Å². The van der Waals surface area contributed by atoms with Gasteiger partial charge < -0.3 is 0 Å². The fourth-order valence-electron chi connectivity index (χ4n) is 0.967. The van der Waals surface area contributed by atoms with Gasteiger partial charge in [-0.25, -0.2) is 0 Å². The highest BCUT2D eigenvalue weighted by atomic mass is 35.6. The van der Waals surface area contributed by atoms with Gasteiger partial charge in [-0.15, -0.1) is 0 Å². The van der Waals surface area contributed by atoms with Crippen LogP contribution in [0.3, 0.4) is 0 Å². The monoisotopic (exact) mass is 306 g/mol. The summed E-state index contributed by atoms with van der Waals surface area (Å²) in [6.45, 7) is 0. The molecule has 1 aromatic carbocycles. The Balaban J connectivity index is 2.44. The lowest BCUT2D eigenvalue weighted by molar-refractivity contribution is -0.126. The van der Waals surface area contributed by atoms with Gasteiger partial charge in [0.1, 0.15) is 0 Å². The third-order valence-electron chi connectivity index (χ3n) is 1.78. The predicted octanol–water partition coefficient (Wildman–Crippen LogP) is 2.22. The predicted molar refractivity (Wildman–Crippen MR) is 72.1 cm³/mol. The molecule has 0 saturated heterocycles. The SMILES string of the molecule is O=C(C=Cc1ccccc1)NNC(=O)C(Cl)(Cl)Cl. The normalized spacial score (nSPS) is 11.3. The molecule has 0 spiro atoms. The highest BCUT2D eigenvalue weighted by Gasteiger charge is 2.30. The van der Waals surface area contributed by atoms with Gasteiger partial charge in [0.15, 0.2) is 0 Å². The lowest BCUT2D eigenvalue weighted by Gasteiger charge is -2.10. The lowest BCUT2D eigenvalue weighted by Crippen LogP contribution is -2.46. The van der Waals surface area contributed by atoms with E-state index in [1.807, 2.05) is 35.8 Å². The summed E-state index contributed by atoms with van der Waals surface area (Å²) in [6, 6.07) is 9.18. The molecule has 2 amide bonds. The molecule has 0 bridgehead atoms. The second-order valence-corrected chi connectivity index (χ2v) is 5.47. The number of carbonyl (C=O) groups excluding carboxylic acids is 2. The van der Waals surface area contributed by atoms with Crippen LogP contribution >= 0.6 is 34.8 Å². The molecule has 1 aromatic rings. The van der Waals surface area contributed by atoms with Gasteiger partial charge in [0.25, 0.3) is 15.6 Å². The summed E-state index contributed by atoms with van der Waals surface area (Å²) < 4.78 is -2.11. The molecule has 0 radical (unpaired) electrons. The molecule has 0 saturated carbocycles. The first-order valence-electron chi connectivity index (χ1n) is 4.80. The van der Waals surface area contributed by atoms with E-state index in [0.717, 1.165) is 5.56 Å². The number of carbonyl (C=O) groups is 2. The first-order valence-corrected chi connectivity index (χ1v) is 5.93. The zero-order valence-corrected chi connectivity index (χ0v) is 11.3. The minimum Gasteiger partial charge on any atom is -0.268 e. The molecule has 0 heterocycles. The van der Waals surface area contributed by atoms with Crippen molar-refractivity contribution in [2.45, 2.75) is 3.79 Å². The van der Waals surface area contributed by atoms with Crippen molar-refractivity contribution in [3.63, 3.8) is 0 Å². The van der Waals surface area contributed by atoms with Crippen molar-refractivity contribution in [1.82, 2.24) is 10.9 Å². The molecule has 0 aromatic heterocycles. The van der Waals surface area contributed by atoms with Crippen molar-refractivity contribution in [2.24, 2.45) is 0 Å². The van der Waals surface area contributed by atoms with Crippen LogP contribution in [0.25, 0.3) is 6.08 Å². The van der Waals surface area contributed by atoms with Gasteiger partial charge in [0.05, 0.1) is 0 Å². The minimum atomic E-state index is -2.11. The van der Waals surface area contributed by atoms with E-state index < -0.39 is 15.6 Å². The van der Waals surface area contributed by atoms with Crippen LogP contribution in [0.15, 0.2) is 36.4 Å². The third kappa shape index (κ3) is 5.40. The van der Waals surface area contributed by atoms with Crippen LogP contribution in [0.2, 0.25) is 0 Å². The van der Waals surface area contributed by atoms with E-state index in [1.165, 1.54) is 6.08 Å². The highest BCUT2D eigenvalue weighted by Crippen LogP contribution is 2.25. The Morgan fingerprint density at radius 1 is 1.06 bits per heavy atom. The van der Waals surface area contributed by atoms with Crippen LogP contribution in [0.4, 0.5) is 0 Å². The topological polar surface area (TPSA) is 58.2 Å². The van der Waals surface area contributed by atoms with Crippen LogP contribution in [0, 0.1) is 0 Å². The Labute approximate surface area is 119 Å². The number of rotatable bonds is 2. The molecule has 0 unspecified atom stereocenters. The summed E-state index contributed by atoms with van der Waals surface area (Å²) >= 11 is 15.9. The maximum atomic E-state index is 11.3. The van der Waals surface area contributed by atoms with E-state index in [-0.39, 0.29) is 0 Å². The largest absolute Gasteiger partial charge is 0.290 e. The molecule has 18 heavy (non-hydrogen) atoms. The van der Waals surface area contributed by atoms with E-state index in [2.05, 4.69) is 5.43 Å². The fraction of sp³-hybridized carbons (Fsp3) is 0.0909. The van der Waals surface area contributed by atoms with Crippen molar-refractivity contribution < 1.29 is 9.59 Å². The summed E-state index contributed by atoms with van der Waals surface area (Å²) in [5.41, 5.74) is 4.90. The first kappa shape index (κ1) is 14.8. The molecule has 96 valence electrons. The van der Waals surface area contributed by atoms with Gasteiger partial charge in [0, 0.05) is 6.08 Å². The molecular weight excluding hydrogens is 298 g/mol. The van der Waals surface area contributed by atoms with Crippen LogP contribution in [0.5, 0.6) is 0 Å². The fourth-order valence-corrected chi connectivity index (χ4v) is 1.11. The zero-order valence-electron chi connectivity index (χ0n) is 8.99. The second kappa shape index (κ2) is 6.64. The van der Waals surface area contributed by atoms with Crippen LogP contribution in [0.1, 0.15) is 5.56 Å². The van der Waals surface area contributed by atoms with Crippen LogP contribution in [-0.2, 0) is 9.59 Å². The number of hydrogen-bond acceptors (Lipinski definition) is 2.